The van der Waals surface area contributed by atoms with E-state index in [2.05, 4.69) is 0 Å². The number of rotatable bonds is 4. The normalized spacial score (nSPS) is 10.1. The maximum atomic E-state index is 12.4. The van der Waals surface area contributed by atoms with Crippen LogP contribution in [0.2, 0.25) is 0 Å². The van der Waals surface area contributed by atoms with E-state index in [0.717, 1.165) is 0 Å². The molecular weight excluding hydrogens is 226 g/mol. The first-order chi connectivity index (χ1) is 8.74. The number of anilines is 1. The number of hydrogen-bond donors (Lipinski definition) is 1. The van der Waals surface area contributed by atoms with Crippen LogP contribution in [0.5, 0.6) is 5.75 Å². The quantitative estimate of drug-likeness (QED) is 0.661. The van der Waals surface area contributed by atoms with Crippen LogP contribution in [-0.2, 0) is 0 Å². The molecule has 2 aromatic rings. The van der Waals surface area contributed by atoms with Crippen LogP contribution in [0.1, 0.15) is 22.8 Å². The van der Waals surface area contributed by atoms with Gasteiger partial charge >= 0.3 is 0 Å². The van der Waals surface area contributed by atoms with Gasteiger partial charge in [-0.1, -0.05) is 36.4 Å². The third-order valence-corrected chi connectivity index (χ3v) is 2.62. The Hall–Kier alpha value is -2.29. The Balaban J connectivity index is 2.47. The Kier molecular flexibility index (Phi) is 3.63. The van der Waals surface area contributed by atoms with Crippen molar-refractivity contribution in [2.24, 2.45) is 0 Å². The molecule has 0 spiro atoms. The molecule has 92 valence electrons. The predicted molar refractivity (Wildman–Crippen MR) is 71.9 cm³/mol. The molecule has 0 aliphatic rings. The summed E-state index contributed by atoms with van der Waals surface area (Å²) in [4.78, 5) is 12.4. The lowest BCUT2D eigenvalue weighted by atomic mass is 10.0. The van der Waals surface area contributed by atoms with Crippen LogP contribution in [0, 0.1) is 0 Å². The van der Waals surface area contributed by atoms with Gasteiger partial charge < -0.3 is 10.5 Å². The van der Waals surface area contributed by atoms with Crippen LogP contribution in [0.25, 0.3) is 0 Å². The molecule has 0 saturated carbocycles. The molecule has 2 rings (SSSR count). The van der Waals surface area contributed by atoms with Crippen molar-refractivity contribution in [3.05, 3.63) is 59.7 Å². The topological polar surface area (TPSA) is 52.3 Å². The molecule has 2 N–H and O–H groups in total. The van der Waals surface area contributed by atoms with Crippen molar-refractivity contribution in [3.63, 3.8) is 0 Å². The highest BCUT2D eigenvalue weighted by Gasteiger charge is 2.17. The third kappa shape index (κ3) is 2.35. The van der Waals surface area contributed by atoms with Gasteiger partial charge in [-0.15, -0.1) is 0 Å². The van der Waals surface area contributed by atoms with Crippen LogP contribution in [0.3, 0.4) is 0 Å². The number of ether oxygens (including phenoxy) is 1. The van der Waals surface area contributed by atoms with Crippen molar-refractivity contribution >= 4 is 11.5 Å². The summed E-state index contributed by atoms with van der Waals surface area (Å²) >= 11 is 0. The molecule has 3 nitrogen and oxygen atoms in total. The van der Waals surface area contributed by atoms with Crippen LogP contribution in [-0.4, -0.2) is 12.4 Å². The van der Waals surface area contributed by atoms with E-state index in [4.69, 9.17) is 10.5 Å². The van der Waals surface area contributed by atoms with E-state index in [9.17, 15) is 4.79 Å². The molecule has 0 unspecified atom stereocenters. The molecule has 3 heteroatoms. The molecule has 0 heterocycles. The molecule has 0 aromatic heterocycles. The van der Waals surface area contributed by atoms with Gasteiger partial charge in [-0.2, -0.15) is 0 Å². The molecule has 0 atom stereocenters. The number of benzene rings is 2. The van der Waals surface area contributed by atoms with Gasteiger partial charge in [0, 0.05) is 11.3 Å². The number of nitrogen functional groups attached to an aromatic ring is 1. The zero-order valence-corrected chi connectivity index (χ0v) is 10.2. The lowest BCUT2D eigenvalue weighted by molar-refractivity contribution is 0.103. The van der Waals surface area contributed by atoms with E-state index < -0.39 is 0 Å². The molecule has 0 aliphatic heterocycles. The van der Waals surface area contributed by atoms with Gasteiger partial charge in [-0.05, 0) is 19.1 Å². The van der Waals surface area contributed by atoms with Crippen molar-refractivity contribution in [2.75, 3.05) is 12.3 Å². The maximum absolute atomic E-state index is 12.4. The van der Waals surface area contributed by atoms with Crippen molar-refractivity contribution < 1.29 is 9.53 Å². The summed E-state index contributed by atoms with van der Waals surface area (Å²) in [5.74, 6) is 0.420. The van der Waals surface area contributed by atoms with Crippen molar-refractivity contribution in [1.82, 2.24) is 0 Å². The largest absolute Gasteiger partial charge is 0.493 e. The molecular formula is C15H15NO2. The van der Waals surface area contributed by atoms with Crippen molar-refractivity contribution in [2.45, 2.75) is 6.92 Å². The first-order valence-corrected chi connectivity index (χ1v) is 5.85. The van der Waals surface area contributed by atoms with E-state index in [0.29, 0.717) is 29.2 Å². The standard InChI is InChI=1S/C15H15NO2/c1-2-18-13-10-6-9-12(16)14(13)15(17)11-7-4-3-5-8-11/h3-10H,2,16H2,1H3. The first-order valence-electron chi connectivity index (χ1n) is 5.85. The van der Waals surface area contributed by atoms with Gasteiger partial charge in [0.25, 0.3) is 0 Å². The minimum atomic E-state index is -0.114. The second kappa shape index (κ2) is 5.36. The van der Waals surface area contributed by atoms with E-state index in [1.165, 1.54) is 0 Å². The Morgan fingerprint density at radius 3 is 2.50 bits per heavy atom. The summed E-state index contributed by atoms with van der Waals surface area (Å²) in [6, 6.07) is 14.3. The molecule has 0 fully saturated rings. The van der Waals surface area contributed by atoms with Gasteiger partial charge in [-0.25, -0.2) is 0 Å². The van der Waals surface area contributed by atoms with Crippen molar-refractivity contribution in [1.29, 1.82) is 0 Å². The minimum absolute atomic E-state index is 0.114. The zero-order valence-electron chi connectivity index (χ0n) is 10.2. The average Bonchev–Trinajstić information content (AvgIpc) is 2.40. The highest BCUT2D eigenvalue weighted by Crippen LogP contribution is 2.27. The van der Waals surface area contributed by atoms with Crippen LogP contribution in [0.4, 0.5) is 5.69 Å². The summed E-state index contributed by atoms with van der Waals surface area (Å²) in [6.07, 6.45) is 0. The maximum Gasteiger partial charge on any atom is 0.198 e. The summed E-state index contributed by atoms with van der Waals surface area (Å²) in [5, 5.41) is 0. The summed E-state index contributed by atoms with van der Waals surface area (Å²) < 4.78 is 5.46. The van der Waals surface area contributed by atoms with Gasteiger partial charge in [0.15, 0.2) is 5.78 Å². The second-order valence-electron chi connectivity index (χ2n) is 3.85. The SMILES string of the molecule is CCOc1cccc(N)c1C(=O)c1ccccc1. The molecule has 0 saturated heterocycles. The van der Waals surface area contributed by atoms with E-state index in [1.54, 1.807) is 30.3 Å². The monoisotopic (exact) mass is 241 g/mol. The predicted octanol–water partition coefficient (Wildman–Crippen LogP) is 2.90. The Morgan fingerprint density at radius 2 is 1.83 bits per heavy atom. The molecule has 2 aromatic carbocycles. The van der Waals surface area contributed by atoms with E-state index >= 15 is 0 Å². The molecule has 0 amide bonds. The lowest BCUT2D eigenvalue weighted by Gasteiger charge is -2.11. The fraction of sp³-hybridized carbons (Fsp3) is 0.133. The highest BCUT2D eigenvalue weighted by molar-refractivity contribution is 6.13. The molecule has 0 radical (unpaired) electrons. The highest BCUT2D eigenvalue weighted by atomic mass is 16.5. The summed E-state index contributed by atoms with van der Waals surface area (Å²) in [6.45, 7) is 2.37. The third-order valence-electron chi connectivity index (χ3n) is 2.62. The number of nitrogens with two attached hydrogens (primary N) is 1. The zero-order chi connectivity index (χ0) is 13.0. The molecule has 18 heavy (non-hydrogen) atoms. The average molecular weight is 241 g/mol. The Morgan fingerprint density at radius 1 is 1.11 bits per heavy atom. The van der Waals surface area contributed by atoms with Gasteiger partial charge in [0.2, 0.25) is 0 Å². The Labute approximate surface area is 106 Å². The Bertz CT molecular complexity index is 550. The summed E-state index contributed by atoms with van der Waals surface area (Å²) in [5.41, 5.74) is 7.37. The molecule has 0 bridgehead atoms. The van der Waals surface area contributed by atoms with E-state index in [-0.39, 0.29) is 5.78 Å². The minimum Gasteiger partial charge on any atom is -0.493 e. The van der Waals surface area contributed by atoms with Gasteiger partial charge in [0.05, 0.1) is 12.2 Å². The number of hydrogen-bond acceptors (Lipinski definition) is 3. The fourth-order valence-corrected chi connectivity index (χ4v) is 1.80. The second-order valence-corrected chi connectivity index (χ2v) is 3.85. The smallest absolute Gasteiger partial charge is 0.198 e. The van der Waals surface area contributed by atoms with Gasteiger partial charge in [-0.3, -0.25) is 4.79 Å². The van der Waals surface area contributed by atoms with E-state index in [1.807, 2.05) is 25.1 Å². The number of ketones is 1. The van der Waals surface area contributed by atoms with Crippen LogP contribution >= 0.6 is 0 Å². The first kappa shape index (κ1) is 12.2. The number of carbonyl (C=O) groups is 1. The van der Waals surface area contributed by atoms with Crippen molar-refractivity contribution in [3.8, 4) is 5.75 Å². The molecule has 0 aliphatic carbocycles. The van der Waals surface area contributed by atoms with Gasteiger partial charge in [0.1, 0.15) is 5.75 Å². The number of carbonyl (C=O) groups excluding carboxylic acids is 1. The van der Waals surface area contributed by atoms with Crippen LogP contribution < -0.4 is 10.5 Å². The fourth-order valence-electron chi connectivity index (χ4n) is 1.80. The lowest BCUT2D eigenvalue weighted by Crippen LogP contribution is -2.08. The summed E-state index contributed by atoms with van der Waals surface area (Å²) in [7, 11) is 0. The van der Waals surface area contributed by atoms with Crippen LogP contribution in [0.15, 0.2) is 48.5 Å².